The quantitative estimate of drug-likeness (QED) is 0.809. The third-order valence-electron chi connectivity index (χ3n) is 2.29. The maximum atomic E-state index is 11.7. The van der Waals surface area contributed by atoms with Gasteiger partial charge in [-0.2, -0.15) is 12.6 Å². The lowest BCUT2D eigenvalue weighted by atomic mass is 10.2. The molecule has 0 spiro atoms. The maximum absolute atomic E-state index is 11.7. The van der Waals surface area contributed by atoms with Crippen molar-refractivity contribution < 1.29 is 14.3 Å². The Morgan fingerprint density at radius 2 is 2.24 bits per heavy atom. The zero-order chi connectivity index (χ0) is 12.3. The van der Waals surface area contributed by atoms with E-state index in [9.17, 15) is 9.90 Å². The summed E-state index contributed by atoms with van der Waals surface area (Å²) in [6.45, 7) is 0.0942. The van der Waals surface area contributed by atoms with Gasteiger partial charge in [0.2, 0.25) is 0 Å². The van der Waals surface area contributed by atoms with Crippen LogP contribution < -0.4 is 10.2 Å². The monoisotopic (exact) mass is 252 g/mol. The number of aliphatic hydroxyl groups excluding tert-OH is 1. The van der Waals surface area contributed by atoms with Gasteiger partial charge in [0.05, 0.1) is 12.4 Å². The van der Waals surface area contributed by atoms with Gasteiger partial charge in [-0.3, -0.25) is 4.79 Å². The SMILES string of the molecule is O=c1ccoc2cccc(OCC(O)CS)c12. The number of rotatable bonds is 4. The first kappa shape index (κ1) is 12.0. The fourth-order valence-electron chi connectivity index (χ4n) is 1.46. The zero-order valence-electron chi connectivity index (χ0n) is 9.00. The third kappa shape index (κ3) is 2.62. The molecule has 0 aliphatic heterocycles. The lowest BCUT2D eigenvalue weighted by Gasteiger charge is -2.11. The van der Waals surface area contributed by atoms with Crippen LogP contribution in [0.2, 0.25) is 0 Å². The summed E-state index contributed by atoms with van der Waals surface area (Å²) >= 11 is 3.95. The van der Waals surface area contributed by atoms with E-state index < -0.39 is 6.10 Å². The Morgan fingerprint density at radius 3 is 3.00 bits per heavy atom. The van der Waals surface area contributed by atoms with Crippen LogP contribution in [0.1, 0.15) is 0 Å². The molecule has 0 aliphatic rings. The van der Waals surface area contributed by atoms with Crippen molar-refractivity contribution in [2.24, 2.45) is 0 Å². The van der Waals surface area contributed by atoms with Gasteiger partial charge < -0.3 is 14.3 Å². The van der Waals surface area contributed by atoms with E-state index in [1.807, 2.05) is 0 Å². The number of hydrogen-bond donors (Lipinski definition) is 2. The van der Waals surface area contributed by atoms with Crippen LogP contribution in [0.15, 0.2) is 39.7 Å². The Morgan fingerprint density at radius 1 is 1.41 bits per heavy atom. The summed E-state index contributed by atoms with van der Waals surface area (Å²) in [4.78, 5) is 11.7. The highest BCUT2D eigenvalue weighted by molar-refractivity contribution is 7.80. The Kier molecular flexibility index (Phi) is 3.71. The lowest BCUT2D eigenvalue weighted by molar-refractivity contribution is 0.127. The van der Waals surface area contributed by atoms with Crippen LogP contribution in [0, 0.1) is 0 Å². The molecule has 0 bridgehead atoms. The average molecular weight is 252 g/mol. The van der Waals surface area contributed by atoms with E-state index in [2.05, 4.69) is 12.6 Å². The van der Waals surface area contributed by atoms with Gasteiger partial charge in [0.25, 0.3) is 0 Å². The molecule has 90 valence electrons. The van der Waals surface area contributed by atoms with E-state index in [4.69, 9.17) is 9.15 Å². The normalized spacial score (nSPS) is 12.6. The molecule has 17 heavy (non-hydrogen) atoms. The molecule has 5 heteroatoms. The second-order valence-electron chi connectivity index (χ2n) is 3.56. The van der Waals surface area contributed by atoms with Crippen LogP contribution in [0.3, 0.4) is 0 Å². The molecule has 2 aromatic rings. The second kappa shape index (κ2) is 5.25. The van der Waals surface area contributed by atoms with Crippen molar-refractivity contribution >= 4 is 23.6 Å². The standard InChI is InChI=1S/C12H12O4S/c13-8(7-17)6-16-11-3-1-2-10-12(11)9(14)4-5-15-10/h1-5,8,13,17H,6-7H2. The number of thiol groups is 1. The van der Waals surface area contributed by atoms with E-state index in [1.165, 1.54) is 12.3 Å². The molecule has 0 saturated carbocycles. The first-order valence-electron chi connectivity index (χ1n) is 5.14. The van der Waals surface area contributed by atoms with Gasteiger partial charge in [0, 0.05) is 11.8 Å². The van der Waals surface area contributed by atoms with Crippen molar-refractivity contribution in [2.45, 2.75) is 6.10 Å². The number of ether oxygens (including phenoxy) is 1. The van der Waals surface area contributed by atoms with Crippen LogP contribution in [-0.2, 0) is 0 Å². The summed E-state index contributed by atoms with van der Waals surface area (Å²) in [6, 6.07) is 6.43. The fraction of sp³-hybridized carbons (Fsp3) is 0.250. The summed E-state index contributed by atoms with van der Waals surface area (Å²) in [5, 5.41) is 9.75. The van der Waals surface area contributed by atoms with Crippen LogP contribution >= 0.6 is 12.6 Å². The maximum Gasteiger partial charge on any atom is 0.196 e. The predicted octanol–water partition coefficient (Wildman–Crippen LogP) is 1.46. The predicted molar refractivity (Wildman–Crippen MR) is 67.8 cm³/mol. The summed E-state index contributed by atoms with van der Waals surface area (Å²) in [5.74, 6) is 0.719. The van der Waals surface area contributed by atoms with Gasteiger partial charge in [-0.05, 0) is 12.1 Å². The summed E-state index contributed by atoms with van der Waals surface area (Å²) < 4.78 is 10.6. The van der Waals surface area contributed by atoms with Gasteiger partial charge in [-0.15, -0.1) is 0 Å². The molecule has 1 atom stereocenters. The van der Waals surface area contributed by atoms with Crippen molar-refractivity contribution in [3.05, 3.63) is 40.8 Å². The highest BCUT2D eigenvalue weighted by Crippen LogP contribution is 2.22. The molecule has 1 aromatic carbocycles. The number of aliphatic hydroxyl groups is 1. The van der Waals surface area contributed by atoms with Gasteiger partial charge in [-0.25, -0.2) is 0 Å². The highest BCUT2D eigenvalue weighted by Gasteiger charge is 2.09. The van der Waals surface area contributed by atoms with Crippen LogP contribution in [0.25, 0.3) is 11.0 Å². The molecule has 4 nitrogen and oxygen atoms in total. The Balaban J connectivity index is 2.37. The van der Waals surface area contributed by atoms with E-state index in [1.54, 1.807) is 18.2 Å². The third-order valence-corrected chi connectivity index (χ3v) is 2.71. The number of fused-ring (bicyclic) bond motifs is 1. The molecule has 0 radical (unpaired) electrons. The Hall–Kier alpha value is -1.46. The zero-order valence-corrected chi connectivity index (χ0v) is 9.89. The number of benzene rings is 1. The first-order valence-corrected chi connectivity index (χ1v) is 5.78. The van der Waals surface area contributed by atoms with Crippen LogP contribution in [-0.4, -0.2) is 23.6 Å². The molecule has 1 unspecified atom stereocenters. The molecule has 1 aromatic heterocycles. The molecule has 0 amide bonds. The van der Waals surface area contributed by atoms with E-state index >= 15 is 0 Å². The molecule has 0 saturated heterocycles. The Bertz CT molecular complexity index is 558. The van der Waals surface area contributed by atoms with E-state index in [0.717, 1.165) is 0 Å². The van der Waals surface area contributed by atoms with Crippen molar-refractivity contribution in [3.8, 4) is 5.75 Å². The van der Waals surface area contributed by atoms with E-state index in [-0.39, 0.29) is 12.0 Å². The van der Waals surface area contributed by atoms with Gasteiger partial charge in [-0.1, -0.05) is 6.07 Å². The molecule has 2 rings (SSSR count). The molecular weight excluding hydrogens is 240 g/mol. The summed E-state index contributed by atoms with van der Waals surface area (Å²) in [7, 11) is 0. The summed E-state index contributed by atoms with van der Waals surface area (Å²) in [5.41, 5.74) is 0.303. The number of hydrogen-bond acceptors (Lipinski definition) is 5. The van der Waals surface area contributed by atoms with Crippen molar-refractivity contribution in [2.75, 3.05) is 12.4 Å². The summed E-state index contributed by atoms with van der Waals surface area (Å²) in [6.07, 6.45) is 0.682. The fourth-order valence-corrected chi connectivity index (χ4v) is 1.57. The highest BCUT2D eigenvalue weighted by atomic mass is 32.1. The smallest absolute Gasteiger partial charge is 0.196 e. The van der Waals surface area contributed by atoms with Gasteiger partial charge in [0.1, 0.15) is 23.3 Å². The van der Waals surface area contributed by atoms with Crippen molar-refractivity contribution in [3.63, 3.8) is 0 Å². The van der Waals surface area contributed by atoms with Gasteiger partial charge in [0.15, 0.2) is 5.43 Å². The Labute approximate surface area is 103 Å². The minimum atomic E-state index is -0.663. The minimum absolute atomic E-state index is 0.0942. The molecule has 1 N–H and O–H groups in total. The van der Waals surface area contributed by atoms with Crippen molar-refractivity contribution in [1.82, 2.24) is 0 Å². The second-order valence-corrected chi connectivity index (χ2v) is 3.93. The van der Waals surface area contributed by atoms with Crippen molar-refractivity contribution in [1.29, 1.82) is 0 Å². The van der Waals surface area contributed by atoms with Gasteiger partial charge >= 0.3 is 0 Å². The van der Waals surface area contributed by atoms with Crippen LogP contribution in [0.5, 0.6) is 5.75 Å². The first-order chi connectivity index (χ1) is 8.22. The van der Waals surface area contributed by atoms with Crippen LogP contribution in [0.4, 0.5) is 0 Å². The molecule has 1 heterocycles. The topological polar surface area (TPSA) is 59.7 Å². The average Bonchev–Trinajstić information content (AvgIpc) is 2.36. The minimum Gasteiger partial charge on any atom is -0.490 e. The molecule has 0 aliphatic carbocycles. The largest absolute Gasteiger partial charge is 0.490 e. The van der Waals surface area contributed by atoms with E-state index in [0.29, 0.717) is 22.5 Å². The lowest BCUT2D eigenvalue weighted by Crippen LogP contribution is -2.19. The molecular formula is C12H12O4S. The molecule has 0 fully saturated rings.